The molecule has 5 nitrogen and oxygen atoms in total. The van der Waals surface area contributed by atoms with Crippen LogP contribution in [0.1, 0.15) is 24.8 Å². The Morgan fingerprint density at radius 1 is 1.12 bits per heavy atom. The van der Waals surface area contributed by atoms with E-state index in [4.69, 9.17) is 14.9 Å². The van der Waals surface area contributed by atoms with Gasteiger partial charge in [0.15, 0.2) is 5.58 Å². The second-order valence-electron chi connectivity index (χ2n) is 6.62. The summed E-state index contributed by atoms with van der Waals surface area (Å²) < 4.78 is 11.7. The highest BCUT2D eigenvalue weighted by atomic mass is 16.5. The third-order valence-electron chi connectivity index (χ3n) is 4.80. The van der Waals surface area contributed by atoms with E-state index in [1.165, 1.54) is 0 Å². The minimum absolute atomic E-state index is 0.180. The van der Waals surface area contributed by atoms with Crippen LogP contribution in [0.3, 0.4) is 0 Å². The average molecular weight is 338 g/mol. The Morgan fingerprint density at radius 2 is 1.92 bits per heavy atom. The van der Waals surface area contributed by atoms with Gasteiger partial charge in [0.05, 0.1) is 18.8 Å². The Balaban J connectivity index is 1.43. The average Bonchev–Trinajstić information content (AvgIpc) is 3.07. The molecule has 130 valence electrons. The number of oxazole rings is 1. The van der Waals surface area contributed by atoms with Gasteiger partial charge in [-0.2, -0.15) is 0 Å². The fourth-order valence-corrected chi connectivity index (χ4v) is 3.30. The van der Waals surface area contributed by atoms with Crippen molar-refractivity contribution < 1.29 is 14.3 Å². The summed E-state index contributed by atoms with van der Waals surface area (Å²) in [6, 6.07) is 15.5. The number of nitrogens with zero attached hydrogens (tertiary/aromatic N) is 1. The minimum atomic E-state index is -0.576. The topological polar surface area (TPSA) is 81.5 Å². The van der Waals surface area contributed by atoms with E-state index in [-0.39, 0.29) is 12.1 Å². The molecule has 3 atom stereocenters. The van der Waals surface area contributed by atoms with Crippen LogP contribution in [0.5, 0.6) is 0 Å². The molecule has 0 spiro atoms. The molecule has 1 aromatic heterocycles. The van der Waals surface area contributed by atoms with Gasteiger partial charge in [-0.15, -0.1) is 0 Å². The first-order valence-electron chi connectivity index (χ1n) is 8.71. The summed E-state index contributed by atoms with van der Waals surface area (Å²) in [5.41, 5.74) is 9.52. The Kier molecular flexibility index (Phi) is 4.53. The maximum atomic E-state index is 10.1. The van der Waals surface area contributed by atoms with Crippen molar-refractivity contribution in [3.8, 4) is 11.5 Å². The predicted octanol–water partition coefficient (Wildman–Crippen LogP) is 3.25. The lowest BCUT2D eigenvalue weighted by Crippen LogP contribution is -2.47. The SMILES string of the molecule is NC1CCCC(OCc2ccc(-c3nc4ccccc4o3)cc2)C1O. The molecular weight excluding hydrogens is 316 g/mol. The summed E-state index contributed by atoms with van der Waals surface area (Å²) in [7, 11) is 0. The van der Waals surface area contributed by atoms with Crippen LogP contribution in [-0.2, 0) is 11.3 Å². The van der Waals surface area contributed by atoms with Crippen LogP contribution in [0.4, 0.5) is 0 Å². The Labute approximate surface area is 146 Å². The molecule has 1 saturated carbocycles. The van der Waals surface area contributed by atoms with Crippen LogP contribution >= 0.6 is 0 Å². The number of benzene rings is 2. The van der Waals surface area contributed by atoms with Gasteiger partial charge in [-0.05, 0) is 49.1 Å². The lowest BCUT2D eigenvalue weighted by atomic mass is 9.90. The molecule has 2 aromatic carbocycles. The first-order valence-corrected chi connectivity index (χ1v) is 8.71. The van der Waals surface area contributed by atoms with E-state index in [0.717, 1.165) is 41.5 Å². The summed E-state index contributed by atoms with van der Waals surface area (Å²) in [4.78, 5) is 4.51. The highest BCUT2D eigenvalue weighted by molar-refractivity contribution is 5.75. The van der Waals surface area contributed by atoms with E-state index < -0.39 is 6.10 Å². The molecule has 25 heavy (non-hydrogen) atoms. The van der Waals surface area contributed by atoms with Gasteiger partial charge in [-0.1, -0.05) is 24.3 Å². The number of hydrogen-bond acceptors (Lipinski definition) is 5. The van der Waals surface area contributed by atoms with Gasteiger partial charge in [0, 0.05) is 11.6 Å². The van der Waals surface area contributed by atoms with Gasteiger partial charge in [0.1, 0.15) is 5.52 Å². The number of aliphatic hydroxyl groups is 1. The second kappa shape index (κ2) is 6.96. The molecule has 0 aliphatic heterocycles. The van der Waals surface area contributed by atoms with Crippen molar-refractivity contribution in [1.29, 1.82) is 0 Å². The van der Waals surface area contributed by atoms with Gasteiger partial charge >= 0.3 is 0 Å². The van der Waals surface area contributed by atoms with E-state index in [9.17, 15) is 5.11 Å². The zero-order chi connectivity index (χ0) is 17.2. The number of aromatic nitrogens is 1. The van der Waals surface area contributed by atoms with Gasteiger partial charge in [-0.25, -0.2) is 4.98 Å². The maximum Gasteiger partial charge on any atom is 0.227 e. The molecular formula is C20H22N2O3. The van der Waals surface area contributed by atoms with Gasteiger partial charge in [0.25, 0.3) is 0 Å². The first kappa shape index (κ1) is 16.3. The predicted molar refractivity (Wildman–Crippen MR) is 95.9 cm³/mol. The fraction of sp³-hybridized carbons (Fsp3) is 0.350. The normalized spacial score (nSPS) is 23.8. The van der Waals surface area contributed by atoms with Crippen LogP contribution in [0.2, 0.25) is 0 Å². The molecule has 4 rings (SSSR count). The molecule has 0 saturated heterocycles. The van der Waals surface area contributed by atoms with Crippen molar-refractivity contribution in [2.24, 2.45) is 5.73 Å². The molecule has 0 amide bonds. The van der Waals surface area contributed by atoms with E-state index in [0.29, 0.717) is 12.5 Å². The first-order chi connectivity index (χ1) is 12.2. The lowest BCUT2D eigenvalue weighted by molar-refractivity contribution is -0.0740. The number of nitrogens with two attached hydrogens (primary N) is 1. The summed E-state index contributed by atoms with van der Waals surface area (Å²) in [5, 5.41) is 10.1. The van der Waals surface area contributed by atoms with Crippen molar-refractivity contribution in [3.05, 3.63) is 54.1 Å². The third kappa shape index (κ3) is 3.44. The van der Waals surface area contributed by atoms with E-state index in [1.54, 1.807) is 0 Å². The molecule has 3 unspecified atom stereocenters. The van der Waals surface area contributed by atoms with Gasteiger partial charge < -0.3 is 20.0 Å². The number of ether oxygens (including phenoxy) is 1. The van der Waals surface area contributed by atoms with Crippen molar-refractivity contribution in [1.82, 2.24) is 4.98 Å². The minimum Gasteiger partial charge on any atom is -0.436 e. The Hall–Kier alpha value is -2.21. The van der Waals surface area contributed by atoms with Crippen molar-refractivity contribution >= 4 is 11.1 Å². The van der Waals surface area contributed by atoms with Crippen LogP contribution in [0, 0.1) is 0 Å². The molecule has 1 aliphatic rings. The second-order valence-corrected chi connectivity index (χ2v) is 6.62. The zero-order valence-electron chi connectivity index (χ0n) is 14.0. The third-order valence-corrected chi connectivity index (χ3v) is 4.80. The molecule has 0 bridgehead atoms. The number of rotatable bonds is 4. The highest BCUT2D eigenvalue weighted by Crippen LogP contribution is 2.25. The molecule has 3 N–H and O–H groups in total. The Morgan fingerprint density at radius 3 is 2.72 bits per heavy atom. The molecule has 3 aromatic rings. The summed E-state index contributed by atoms with van der Waals surface area (Å²) in [6.07, 6.45) is 1.96. The van der Waals surface area contributed by atoms with Gasteiger partial charge in [0.2, 0.25) is 5.89 Å². The summed E-state index contributed by atoms with van der Waals surface area (Å²) in [5.74, 6) is 0.613. The molecule has 1 aliphatic carbocycles. The monoisotopic (exact) mass is 338 g/mol. The summed E-state index contributed by atoms with van der Waals surface area (Å²) >= 11 is 0. The number of fused-ring (bicyclic) bond motifs is 1. The molecule has 1 heterocycles. The van der Waals surface area contributed by atoms with Crippen molar-refractivity contribution in [2.75, 3.05) is 0 Å². The number of aliphatic hydroxyl groups excluding tert-OH is 1. The Bertz CT molecular complexity index is 811. The van der Waals surface area contributed by atoms with Crippen LogP contribution in [0.15, 0.2) is 52.9 Å². The zero-order valence-corrected chi connectivity index (χ0v) is 14.0. The van der Waals surface area contributed by atoms with E-state index >= 15 is 0 Å². The fourth-order valence-electron chi connectivity index (χ4n) is 3.30. The smallest absolute Gasteiger partial charge is 0.227 e. The van der Waals surface area contributed by atoms with Crippen molar-refractivity contribution in [3.63, 3.8) is 0 Å². The van der Waals surface area contributed by atoms with Crippen molar-refractivity contribution in [2.45, 2.75) is 44.1 Å². The van der Waals surface area contributed by atoms with Crippen LogP contribution < -0.4 is 5.73 Å². The largest absolute Gasteiger partial charge is 0.436 e. The maximum absolute atomic E-state index is 10.1. The molecule has 5 heteroatoms. The standard InChI is InChI=1S/C20H22N2O3/c21-15-4-3-7-18(19(15)23)24-12-13-8-10-14(11-9-13)20-22-16-5-1-2-6-17(16)25-20/h1-2,5-6,8-11,15,18-19,23H,3-4,7,12,21H2. The lowest BCUT2D eigenvalue weighted by Gasteiger charge is -2.32. The van der Waals surface area contributed by atoms with Gasteiger partial charge in [-0.3, -0.25) is 0 Å². The van der Waals surface area contributed by atoms with Crippen LogP contribution in [-0.4, -0.2) is 28.3 Å². The number of hydrogen-bond donors (Lipinski definition) is 2. The molecule has 1 fully saturated rings. The highest BCUT2D eigenvalue weighted by Gasteiger charge is 2.29. The quantitative estimate of drug-likeness (QED) is 0.763. The van der Waals surface area contributed by atoms with E-state index in [2.05, 4.69) is 4.98 Å². The molecule has 0 radical (unpaired) electrons. The van der Waals surface area contributed by atoms with Crippen LogP contribution in [0.25, 0.3) is 22.6 Å². The van der Waals surface area contributed by atoms with E-state index in [1.807, 2.05) is 48.5 Å². The number of para-hydroxylation sites is 2. The summed E-state index contributed by atoms with van der Waals surface area (Å²) in [6.45, 7) is 0.461.